The van der Waals surface area contributed by atoms with Crippen molar-refractivity contribution < 1.29 is 27.1 Å². The molecular weight excluding hydrogens is 360 g/mol. The van der Waals surface area contributed by atoms with E-state index >= 15 is 0 Å². The number of ether oxygens (including phenoxy) is 1. The number of hydrogen-bond donors (Lipinski definition) is 1. The van der Waals surface area contributed by atoms with Gasteiger partial charge >= 0.3 is 0 Å². The van der Waals surface area contributed by atoms with Gasteiger partial charge in [-0.2, -0.15) is 14.0 Å². The van der Waals surface area contributed by atoms with E-state index in [0.717, 1.165) is 10.4 Å². The van der Waals surface area contributed by atoms with Gasteiger partial charge in [0.2, 0.25) is 11.6 Å². The van der Waals surface area contributed by atoms with Crippen LogP contribution in [0.2, 0.25) is 0 Å². The summed E-state index contributed by atoms with van der Waals surface area (Å²) in [4.78, 5) is 12.7. The zero-order chi connectivity index (χ0) is 18.7. The van der Waals surface area contributed by atoms with Crippen LogP contribution in [0.4, 0.5) is 22.6 Å². The van der Waals surface area contributed by atoms with Crippen molar-refractivity contribution in [2.75, 3.05) is 11.9 Å². The number of thiophene rings is 1. The molecule has 0 radical (unpaired) electrons. The van der Waals surface area contributed by atoms with Gasteiger partial charge in [-0.3, -0.25) is 4.79 Å². The smallest absolute Gasteiger partial charge is 0.262 e. The SMILES string of the molecule is CCc1c(C)sc(NC(=O)COc2c(F)c(F)cc(F)c2F)c1C#N. The molecule has 0 aliphatic heterocycles. The maximum Gasteiger partial charge on any atom is 0.262 e. The number of carbonyl (C=O) groups excluding carboxylic acids is 1. The number of nitrogens with one attached hydrogen (secondary N) is 1. The van der Waals surface area contributed by atoms with Gasteiger partial charge in [0, 0.05) is 10.9 Å². The number of benzene rings is 1. The average Bonchev–Trinajstić information content (AvgIpc) is 2.87. The zero-order valence-electron chi connectivity index (χ0n) is 13.2. The molecule has 132 valence electrons. The van der Waals surface area contributed by atoms with Crippen LogP contribution < -0.4 is 10.1 Å². The van der Waals surface area contributed by atoms with Gasteiger partial charge < -0.3 is 10.1 Å². The van der Waals surface area contributed by atoms with Crippen LogP contribution in [0.25, 0.3) is 0 Å². The highest BCUT2D eigenvalue weighted by atomic mass is 32.1. The third kappa shape index (κ3) is 3.74. The fraction of sp³-hybridized carbons (Fsp3) is 0.250. The Kier molecular flexibility index (Phi) is 5.64. The van der Waals surface area contributed by atoms with E-state index in [0.29, 0.717) is 12.0 Å². The molecule has 1 heterocycles. The average molecular weight is 372 g/mol. The lowest BCUT2D eigenvalue weighted by Crippen LogP contribution is -2.21. The van der Waals surface area contributed by atoms with Crippen molar-refractivity contribution in [3.8, 4) is 11.8 Å². The first-order valence-electron chi connectivity index (χ1n) is 7.08. The number of amides is 1. The monoisotopic (exact) mass is 372 g/mol. The Balaban J connectivity index is 2.15. The van der Waals surface area contributed by atoms with E-state index in [1.54, 1.807) is 6.92 Å². The Hall–Kier alpha value is -2.60. The molecule has 25 heavy (non-hydrogen) atoms. The van der Waals surface area contributed by atoms with Crippen molar-refractivity contribution in [1.29, 1.82) is 5.26 Å². The molecule has 9 heteroatoms. The fourth-order valence-electron chi connectivity index (χ4n) is 2.19. The van der Waals surface area contributed by atoms with Crippen LogP contribution in [-0.2, 0) is 11.2 Å². The van der Waals surface area contributed by atoms with E-state index in [9.17, 15) is 27.6 Å². The summed E-state index contributed by atoms with van der Waals surface area (Å²) in [7, 11) is 0. The largest absolute Gasteiger partial charge is 0.477 e. The number of nitrogens with zero attached hydrogens (tertiary/aromatic N) is 1. The van der Waals surface area contributed by atoms with Gasteiger partial charge in [-0.1, -0.05) is 6.92 Å². The summed E-state index contributed by atoms with van der Waals surface area (Å²) in [5.41, 5.74) is 1.08. The number of hydrogen-bond acceptors (Lipinski definition) is 4. The highest BCUT2D eigenvalue weighted by Crippen LogP contribution is 2.33. The second-order valence-corrected chi connectivity index (χ2v) is 6.17. The van der Waals surface area contributed by atoms with Crippen molar-refractivity contribution in [3.05, 3.63) is 45.3 Å². The molecule has 0 fully saturated rings. The van der Waals surface area contributed by atoms with E-state index in [1.165, 1.54) is 11.3 Å². The van der Waals surface area contributed by atoms with Gasteiger partial charge in [0.25, 0.3) is 5.91 Å². The van der Waals surface area contributed by atoms with Crippen LogP contribution in [0.3, 0.4) is 0 Å². The predicted molar refractivity (Wildman–Crippen MR) is 83.5 cm³/mol. The van der Waals surface area contributed by atoms with Crippen molar-refractivity contribution in [1.82, 2.24) is 0 Å². The first-order chi connectivity index (χ1) is 11.8. The molecule has 0 aliphatic carbocycles. The summed E-state index contributed by atoms with van der Waals surface area (Å²) in [5.74, 6) is -8.88. The summed E-state index contributed by atoms with van der Waals surface area (Å²) in [6.07, 6.45) is 0.594. The minimum absolute atomic E-state index is 0.0392. The summed E-state index contributed by atoms with van der Waals surface area (Å²) in [6, 6.07) is 2.02. The summed E-state index contributed by atoms with van der Waals surface area (Å²) in [6.45, 7) is 2.76. The molecule has 4 nitrogen and oxygen atoms in total. The molecule has 0 saturated carbocycles. The molecule has 1 N–H and O–H groups in total. The molecule has 0 saturated heterocycles. The molecular formula is C16H12F4N2O2S. The third-order valence-corrected chi connectivity index (χ3v) is 4.41. The van der Waals surface area contributed by atoms with Crippen LogP contribution >= 0.6 is 11.3 Å². The lowest BCUT2D eigenvalue weighted by molar-refractivity contribution is -0.118. The zero-order valence-corrected chi connectivity index (χ0v) is 14.0. The highest BCUT2D eigenvalue weighted by Gasteiger charge is 2.22. The van der Waals surface area contributed by atoms with Crippen molar-refractivity contribution in [2.45, 2.75) is 20.3 Å². The van der Waals surface area contributed by atoms with Crippen molar-refractivity contribution >= 4 is 22.2 Å². The van der Waals surface area contributed by atoms with Crippen LogP contribution in [0.5, 0.6) is 5.75 Å². The maximum atomic E-state index is 13.5. The van der Waals surface area contributed by atoms with Gasteiger partial charge in [0.05, 0.1) is 5.56 Å². The Morgan fingerprint density at radius 1 is 1.28 bits per heavy atom. The molecule has 0 unspecified atom stereocenters. The maximum absolute atomic E-state index is 13.5. The predicted octanol–water partition coefficient (Wildman–Crippen LogP) is 4.06. The molecule has 0 bridgehead atoms. The van der Waals surface area contributed by atoms with Crippen molar-refractivity contribution in [3.63, 3.8) is 0 Å². The number of aryl methyl sites for hydroxylation is 1. The quantitative estimate of drug-likeness (QED) is 0.636. The van der Waals surface area contributed by atoms with Gasteiger partial charge in [0.15, 0.2) is 24.0 Å². The van der Waals surface area contributed by atoms with E-state index in [1.807, 2.05) is 13.0 Å². The summed E-state index contributed by atoms with van der Waals surface area (Å²) < 4.78 is 57.7. The summed E-state index contributed by atoms with van der Waals surface area (Å²) in [5, 5.41) is 11.9. The standard InChI is InChI=1S/C16H12F4N2O2S/c1-3-8-7(2)25-16(9(8)5-21)22-12(23)6-24-15-13(19)10(17)4-11(18)14(15)20/h4H,3,6H2,1-2H3,(H,22,23). The Labute approximate surface area is 144 Å². The molecule has 2 rings (SSSR count). The van der Waals surface area contributed by atoms with E-state index < -0.39 is 41.5 Å². The lowest BCUT2D eigenvalue weighted by atomic mass is 10.1. The minimum atomic E-state index is -1.73. The molecule has 2 aromatic rings. The fourth-order valence-corrected chi connectivity index (χ4v) is 3.30. The number of rotatable bonds is 5. The van der Waals surface area contributed by atoms with Gasteiger partial charge in [0.1, 0.15) is 11.1 Å². The Morgan fingerprint density at radius 3 is 2.40 bits per heavy atom. The second-order valence-electron chi connectivity index (χ2n) is 4.94. The van der Waals surface area contributed by atoms with Crippen LogP contribution in [-0.4, -0.2) is 12.5 Å². The molecule has 0 aliphatic rings. The van der Waals surface area contributed by atoms with Gasteiger partial charge in [-0.15, -0.1) is 11.3 Å². The number of nitriles is 1. The van der Waals surface area contributed by atoms with Crippen molar-refractivity contribution in [2.24, 2.45) is 0 Å². The molecule has 1 amide bonds. The van der Waals surface area contributed by atoms with E-state index in [2.05, 4.69) is 10.1 Å². The van der Waals surface area contributed by atoms with E-state index in [-0.39, 0.29) is 11.1 Å². The molecule has 0 spiro atoms. The Morgan fingerprint density at radius 2 is 1.88 bits per heavy atom. The van der Waals surface area contributed by atoms with Gasteiger partial charge in [-0.25, -0.2) is 8.78 Å². The molecule has 1 aromatic carbocycles. The molecule has 0 atom stereocenters. The topological polar surface area (TPSA) is 62.1 Å². The normalized spacial score (nSPS) is 10.4. The van der Waals surface area contributed by atoms with Gasteiger partial charge in [-0.05, 0) is 18.9 Å². The lowest BCUT2D eigenvalue weighted by Gasteiger charge is -2.09. The summed E-state index contributed by atoms with van der Waals surface area (Å²) >= 11 is 1.17. The first-order valence-corrected chi connectivity index (χ1v) is 7.89. The highest BCUT2D eigenvalue weighted by molar-refractivity contribution is 7.16. The minimum Gasteiger partial charge on any atom is -0.477 e. The number of carbonyl (C=O) groups is 1. The second kappa shape index (κ2) is 7.53. The third-order valence-electron chi connectivity index (χ3n) is 3.35. The van der Waals surface area contributed by atoms with Crippen LogP contribution in [0.1, 0.15) is 22.9 Å². The number of anilines is 1. The number of halogens is 4. The van der Waals surface area contributed by atoms with E-state index in [4.69, 9.17) is 0 Å². The van der Waals surface area contributed by atoms with Crippen LogP contribution in [0.15, 0.2) is 6.07 Å². The first kappa shape index (κ1) is 18.7. The Bertz CT molecular complexity index is 848. The van der Waals surface area contributed by atoms with Crippen LogP contribution in [0, 0.1) is 41.5 Å². The molecule has 1 aromatic heterocycles.